The van der Waals surface area contributed by atoms with Crippen molar-refractivity contribution in [1.82, 2.24) is 10.3 Å². The van der Waals surface area contributed by atoms with Crippen LogP contribution in [0, 0.1) is 12.3 Å². The lowest BCUT2D eigenvalue weighted by Gasteiger charge is -2.21. The molecule has 0 aliphatic carbocycles. The number of carbonyl (C=O) groups is 1. The van der Waals surface area contributed by atoms with E-state index in [4.69, 9.17) is 4.74 Å². The topological polar surface area (TPSA) is 51.2 Å². The van der Waals surface area contributed by atoms with Crippen molar-refractivity contribution >= 4 is 5.97 Å². The second-order valence-corrected chi connectivity index (χ2v) is 4.79. The van der Waals surface area contributed by atoms with Crippen LogP contribution in [-0.4, -0.2) is 24.6 Å². The van der Waals surface area contributed by atoms with Gasteiger partial charge >= 0.3 is 5.97 Å². The van der Waals surface area contributed by atoms with Gasteiger partial charge in [-0.2, -0.15) is 0 Å². The Morgan fingerprint density at radius 3 is 2.71 bits per heavy atom. The summed E-state index contributed by atoms with van der Waals surface area (Å²) in [6.07, 6.45) is 1.84. The number of hydrogen-bond donors (Lipinski definition) is 1. The number of methoxy groups -OCH3 is 1. The summed E-state index contributed by atoms with van der Waals surface area (Å²) in [7, 11) is 1.41. The molecule has 0 atom stereocenters. The monoisotopic (exact) mass is 236 g/mol. The molecule has 0 bridgehead atoms. The van der Waals surface area contributed by atoms with Crippen molar-refractivity contribution in [1.29, 1.82) is 0 Å². The van der Waals surface area contributed by atoms with E-state index >= 15 is 0 Å². The minimum absolute atomic E-state index is 0.202. The van der Waals surface area contributed by atoms with Crippen LogP contribution in [-0.2, 0) is 16.1 Å². The third-order valence-electron chi connectivity index (χ3n) is 2.61. The number of carbonyl (C=O) groups excluding carboxylic acids is 1. The zero-order chi connectivity index (χ0) is 12.9. The van der Waals surface area contributed by atoms with Gasteiger partial charge in [-0.1, -0.05) is 6.07 Å². The van der Waals surface area contributed by atoms with Crippen molar-refractivity contribution in [3.63, 3.8) is 0 Å². The van der Waals surface area contributed by atoms with E-state index in [0.29, 0.717) is 13.1 Å². The molecule has 17 heavy (non-hydrogen) atoms. The van der Waals surface area contributed by atoms with E-state index in [0.717, 1.165) is 11.3 Å². The van der Waals surface area contributed by atoms with Gasteiger partial charge < -0.3 is 10.1 Å². The Morgan fingerprint density at radius 1 is 1.47 bits per heavy atom. The minimum Gasteiger partial charge on any atom is -0.469 e. The number of hydrogen-bond acceptors (Lipinski definition) is 4. The summed E-state index contributed by atoms with van der Waals surface area (Å²) >= 11 is 0. The van der Waals surface area contributed by atoms with Crippen LogP contribution in [0.2, 0.25) is 0 Å². The van der Waals surface area contributed by atoms with Gasteiger partial charge in [0.1, 0.15) is 0 Å². The normalized spacial score (nSPS) is 11.3. The number of ether oxygens (including phenoxy) is 1. The zero-order valence-electron chi connectivity index (χ0n) is 10.9. The van der Waals surface area contributed by atoms with E-state index in [1.54, 1.807) is 0 Å². The first-order valence-corrected chi connectivity index (χ1v) is 5.66. The molecule has 0 saturated carbocycles. The van der Waals surface area contributed by atoms with E-state index < -0.39 is 5.41 Å². The minimum atomic E-state index is -0.507. The molecule has 1 aromatic rings. The number of nitrogens with one attached hydrogen (secondary N) is 1. The summed E-state index contributed by atoms with van der Waals surface area (Å²) in [6, 6.07) is 4.00. The van der Waals surface area contributed by atoms with Crippen molar-refractivity contribution in [2.24, 2.45) is 5.41 Å². The SMILES string of the molecule is COC(=O)C(C)(C)CNCc1ccc(C)nc1. The Kier molecular flexibility index (Phi) is 4.63. The van der Waals surface area contributed by atoms with Crippen LogP contribution in [0.15, 0.2) is 18.3 Å². The predicted octanol–water partition coefficient (Wildman–Crippen LogP) is 1.68. The molecular weight excluding hydrogens is 216 g/mol. The molecule has 0 aliphatic heterocycles. The highest BCUT2D eigenvalue weighted by Crippen LogP contribution is 2.15. The third-order valence-corrected chi connectivity index (χ3v) is 2.61. The van der Waals surface area contributed by atoms with Crippen LogP contribution < -0.4 is 5.32 Å². The molecule has 0 spiro atoms. The molecule has 94 valence electrons. The quantitative estimate of drug-likeness (QED) is 0.790. The lowest BCUT2D eigenvalue weighted by molar-refractivity contribution is -0.150. The molecular formula is C13H20N2O2. The molecule has 4 heteroatoms. The third kappa shape index (κ3) is 4.15. The number of nitrogens with zero attached hydrogens (tertiary/aromatic N) is 1. The van der Waals surface area contributed by atoms with Crippen molar-refractivity contribution in [3.05, 3.63) is 29.6 Å². The molecule has 4 nitrogen and oxygen atoms in total. The first-order chi connectivity index (χ1) is 7.95. The number of rotatable bonds is 5. The highest BCUT2D eigenvalue weighted by molar-refractivity contribution is 5.76. The molecule has 0 fully saturated rings. The van der Waals surface area contributed by atoms with Gasteiger partial charge in [0.2, 0.25) is 0 Å². The predicted molar refractivity (Wildman–Crippen MR) is 66.5 cm³/mol. The van der Waals surface area contributed by atoms with Crippen molar-refractivity contribution in [3.8, 4) is 0 Å². The van der Waals surface area contributed by atoms with Gasteiger partial charge in [0.15, 0.2) is 0 Å². The van der Waals surface area contributed by atoms with Gasteiger partial charge in [0.25, 0.3) is 0 Å². The van der Waals surface area contributed by atoms with Crippen LogP contribution in [0.4, 0.5) is 0 Å². The van der Waals surface area contributed by atoms with E-state index in [2.05, 4.69) is 10.3 Å². The second kappa shape index (κ2) is 5.77. The molecule has 0 radical (unpaired) electrons. The van der Waals surface area contributed by atoms with Gasteiger partial charge in [-0.05, 0) is 32.4 Å². The smallest absolute Gasteiger partial charge is 0.312 e. The van der Waals surface area contributed by atoms with Crippen molar-refractivity contribution in [2.45, 2.75) is 27.3 Å². The average Bonchev–Trinajstić information content (AvgIpc) is 2.30. The first kappa shape index (κ1) is 13.6. The maximum Gasteiger partial charge on any atom is 0.312 e. The molecule has 0 saturated heterocycles. The average molecular weight is 236 g/mol. The Labute approximate surface area is 102 Å². The number of aryl methyl sites for hydroxylation is 1. The van der Waals surface area contributed by atoms with E-state index in [-0.39, 0.29) is 5.97 Å². The van der Waals surface area contributed by atoms with Crippen LogP contribution >= 0.6 is 0 Å². The standard InChI is InChI=1S/C13H20N2O2/c1-10-5-6-11(8-15-10)7-14-9-13(2,3)12(16)17-4/h5-6,8,14H,7,9H2,1-4H3. The maximum absolute atomic E-state index is 11.4. The number of aromatic nitrogens is 1. The van der Waals surface area contributed by atoms with Crippen LogP contribution in [0.5, 0.6) is 0 Å². The summed E-state index contributed by atoms with van der Waals surface area (Å²) < 4.78 is 4.74. The summed E-state index contributed by atoms with van der Waals surface area (Å²) in [5.74, 6) is -0.202. The Bertz CT molecular complexity index is 372. The summed E-state index contributed by atoms with van der Waals surface area (Å²) in [4.78, 5) is 15.7. The van der Waals surface area contributed by atoms with Crippen molar-refractivity contribution < 1.29 is 9.53 Å². The maximum atomic E-state index is 11.4. The molecule has 1 aromatic heterocycles. The van der Waals surface area contributed by atoms with E-state index in [1.165, 1.54) is 7.11 Å². The molecule has 1 rings (SSSR count). The van der Waals surface area contributed by atoms with Gasteiger partial charge in [-0.25, -0.2) is 0 Å². The van der Waals surface area contributed by atoms with Gasteiger partial charge in [0, 0.05) is 25.0 Å². The number of esters is 1. The lowest BCUT2D eigenvalue weighted by Crippen LogP contribution is -2.36. The summed E-state index contributed by atoms with van der Waals surface area (Å²) in [6.45, 7) is 6.96. The second-order valence-electron chi connectivity index (χ2n) is 4.79. The lowest BCUT2D eigenvalue weighted by atomic mass is 9.94. The zero-order valence-corrected chi connectivity index (χ0v) is 10.9. The Hall–Kier alpha value is -1.42. The van der Waals surface area contributed by atoms with Crippen molar-refractivity contribution in [2.75, 3.05) is 13.7 Å². The van der Waals surface area contributed by atoms with Gasteiger partial charge in [-0.15, -0.1) is 0 Å². The summed E-state index contributed by atoms with van der Waals surface area (Å²) in [5.41, 5.74) is 1.60. The molecule has 1 N–H and O–H groups in total. The molecule has 0 amide bonds. The van der Waals surface area contributed by atoms with Gasteiger partial charge in [0.05, 0.1) is 12.5 Å². The molecule has 0 aromatic carbocycles. The van der Waals surface area contributed by atoms with E-state index in [1.807, 2.05) is 39.1 Å². The van der Waals surface area contributed by atoms with Gasteiger partial charge in [-0.3, -0.25) is 9.78 Å². The fraction of sp³-hybridized carbons (Fsp3) is 0.538. The fourth-order valence-corrected chi connectivity index (χ4v) is 1.47. The molecule has 0 unspecified atom stereocenters. The Balaban J connectivity index is 2.42. The largest absolute Gasteiger partial charge is 0.469 e. The summed E-state index contributed by atoms with van der Waals surface area (Å²) in [5, 5.41) is 3.24. The van der Waals surface area contributed by atoms with E-state index in [9.17, 15) is 4.79 Å². The van der Waals surface area contributed by atoms with Crippen LogP contribution in [0.3, 0.4) is 0 Å². The number of pyridine rings is 1. The molecule has 1 heterocycles. The van der Waals surface area contributed by atoms with Crippen LogP contribution in [0.25, 0.3) is 0 Å². The first-order valence-electron chi connectivity index (χ1n) is 5.66. The highest BCUT2D eigenvalue weighted by Gasteiger charge is 2.27. The fourth-order valence-electron chi connectivity index (χ4n) is 1.47. The molecule has 0 aliphatic rings. The highest BCUT2D eigenvalue weighted by atomic mass is 16.5. The van der Waals surface area contributed by atoms with Crippen LogP contribution in [0.1, 0.15) is 25.1 Å². The Morgan fingerprint density at radius 2 is 2.18 bits per heavy atom.